The van der Waals surface area contributed by atoms with Crippen LogP contribution in [0.5, 0.6) is 0 Å². The summed E-state index contributed by atoms with van der Waals surface area (Å²) in [6.07, 6.45) is 4.90. The fourth-order valence-electron chi connectivity index (χ4n) is 2.22. The third-order valence-electron chi connectivity index (χ3n) is 3.26. The lowest BCUT2D eigenvalue weighted by Gasteiger charge is -2.18. The van der Waals surface area contributed by atoms with Crippen molar-refractivity contribution in [3.8, 4) is 0 Å². The van der Waals surface area contributed by atoms with Crippen LogP contribution in [0.15, 0.2) is 30.3 Å². The molecule has 1 aromatic rings. The molecule has 1 aromatic carbocycles. The molecule has 0 aliphatic heterocycles. The number of benzene rings is 1. The minimum Gasteiger partial charge on any atom is -0.466 e. The average Bonchev–Trinajstić information content (AvgIpc) is 2.45. The summed E-state index contributed by atoms with van der Waals surface area (Å²) in [5.74, 6) is -0.114. The molecule has 1 rings (SSSR count). The smallest absolute Gasteiger partial charge is 0.307 e. The number of hydrogen-bond donors (Lipinski definition) is 1. The Morgan fingerprint density at radius 2 is 1.95 bits per heavy atom. The van der Waals surface area contributed by atoms with Gasteiger partial charge in [0.2, 0.25) is 0 Å². The van der Waals surface area contributed by atoms with E-state index in [4.69, 9.17) is 4.74 Å². The maximum atomic E-state index is 11.7. The lowest BCUT2D eigenvalue weighted by atomic mass is 10.0. The van der Waals surface area contributed by atoms with Gasteiger partial charge in [0.25, 0.3) is 0 Å². The fraction of sp³-hybridized carbons (Fsp3) is 0.588. The van der Waals surface area contributed by atoms with E-state index >= 15 is 0 Å². The molecule has 0 saturated heterocycles. The second-order valence-corrected chi connectivity index (χ2v) is 5.06. The molecule has 0 aromatic heterocycles. The maximum Gasteiger partial charge on any atom is 0.307 e. The molecule has 3 nitrogen and oxygen atoms in total. The molecule has 3 heteroatoms. The number of hydrogen-bond acceptors (Lipinski definition) is 3. The zero-order valence-corrected chi connectivity index (χ0v) is 12.7. The quantitative estimate of drug-likeness (QED) is 0.526. The van der Waals surface area contributed by atoms with Crippen molar-refractivity contribution in [2.75, 3.05) is 13.2 Å². The number of nitrogens with one attached hydrogen (secondary N) is 1. The summed E-state index contributed by atoms with van der Waals surface area (Å²) in [7, 11) is 0. The van der Waals surface area contributed by atoms with E-state index in [2.05, 4.69) is 24.4 Å². The molecule has 0 saturated carbocycles. The highest BCUT2D eigenvalue weighted by molar-refractivity contribution is 5.70. The van der Waals surface area contributed by atoms with Gasteiger partial charge in [0.1, 0.15) is 0 Å². The zero-order chi connectivity index (χ0) is 14.6. The first-order valence-corrected chi connectivity index (χ1v) is 7.69. The third kappa shape index (κ3) is 7.29. The van der Waals surface area contributed by atoms with Crippen LogP contribution in [-0.4, -0.2) is 25.2 Å². The molecule has 1 unspecified atom stereocenters. The summed E-state index contributed by atoms with van der Waals surface area (Å²) in [4.78, 5) is 11.7. The van der Waals surface area contributed by atoms with Gasteiger partial charge >= 0.3 is 5.97 Å². The van der Waals surface area contributed by atoms with E-state index in [1.54, 1.807) is 0 Å². The second-order valence-electron chi connectivity index (χ2n) is 5.06. The number of rotatable bonds is 10. The highest BCUT2D eigenvalue weighted by atomic mass is 16.5. The average molecular weight is 277 g/mol. The van der Waals surface area contributed by atoms with E-state index in [0.717, 1.165) is 19.4 Å². The molecular weight excluding hydrogens is 250 g/mol. The Hall–Kier alpha value is -1.35. The van der Waals surface area contributed by atoms with Crippen LogP contribution in [0.2, 0.25) is 0 Å². The van der Waals surface area contributed by atoms with Crippen molar-refractivity contribution in [1.29, 1.82) is 0 Å². The molecule has 112 valence electrons. The maximum absolute atomic E-state index is 11.7. The Kier molecular flexibility index (Phi) is 8.72. The molecular formula is C17H27NO2. The summed E-state index contributed by atoms with van der Waals surface area (Å²) >= 11 is 0. The van der Waals surface area contributed by atoms with Gasteiger partial charge in [-0.3, -0.25) is 4.79 Å². The molecule has 0 fully saturated rings. The van der Waals surface area contributed by atoms with Crippen LogP contribution >= 0.6 is 0 Å². The Morgan fingerprint density at radius 1 is 1.20 bits per heavy atom. The SMILES string of the molecule is CCCCCNC(CC(=O)OCC)Cc1ccccc1. The van der Waals surface area contributed by atoms with Crippen LogP contribution in [0, 0.1) is 0 Å². The van der Waals surface area contributed by atoms with Crippen LogP contribution in [0.25, 0.3) is 0 Å². The lowest BCUT2D eigenvalue weighted by Crippen LogP contribution is -2.34. The number of carbonyl (C=O) groups excluding carboxylic acids is 1. The Balaban J connectivity index is 2.47. The molecule has 0 spiro atoms. The summed E-state index contributed by atoms with van der Waals surface area (Å²) in [5, 5.41) is 3.49. The van der Waals surface area contributed by atoms with Crippen LogP contribution in [0.4, 0.5) is 0 Å². The normalized spacial score (nSPS) is 12.1. The van der Waals surface area contributed by atoms with Gasteiger partial charge in [0.05, 0.1) is 13.0 Å². The summed E-state index contributed by atoms with van der Waals surface area (Å²) in [6, 6.07) is 10.5. The van der Waals surface area contributed by atoms with Crippen molar-refractivity contribution in [2.45, 2.75) is 52.0 Å². The topological polar surface area (TPSA) is 38.3 Å². The van der Waals surface area contributed by atoms with Gasteiger partial charge in [0.15, 0.2) is 0 Å². The van der Waals surface area contributed by atoms with Gasteiger partial charge < -0.3 is 10.1 Å². The van der Waals surface area contributed by atoms with E-state index < -0.39 is 0 Å². The van der Waals surface area contributed by atoms with Crippen LogP contribution < -0.4 is 5.32 Å². The molecule has 0 aliphatic rings. The van der Waals surface area contributed by atoms with Gasteiger partial charge in [-0.05, 0) is 31.9 Å². The molecule has 0 radical (unpaired) electrons. The van der Waals surface area contributed by atoms with E-state index in [1.807, 2.05) is 25.1 Å². The summed E-state index contributed by atoms with van der Waals surface area (Å²) < 4.78 is 5.06. The molecule has 0 heterocycles. The first-order valence-electron chi connectivity index (χ1n) is 7.69. The van der Waals surface area contributed by atoms with Gasteiger partial charge in [-0.1, -0.05) is 50.1 Å². The van der Waals surface area contributed by atoms with Crippen LogP contribution in [-0.2, 0) is 16.0 Å². The van der Waals surface area contributed by atoms with Gasteiger partial charge in [-0.2, -0.15) is 0 Å². The van der Waals surface area contributed by atoms with Crippen molar-refractivity contribution < 1.29 is 9.53 Å². The largest absolute Gasteiger partial charge is 0.466 e. The predicted molar refractivity (Wildman–Crippen MR) is 82.7 cm³/mol. The highest BCUT2D eigenvalue weighted by Crippen LogP contribution is 2.07. The first-order chi connectivity index (χ1) is 9.76. The van der Waals surface area contributed by atoms with E-state index in [0.29, 0.717) is 13.0 Å². The fourth-order valence-corrected chi connectivity index (χ4v) is 2.22. The zero-order valence-electron chi connectivity index (χ0n) is 12.7. The molecule has 0 bridgehead atoms. The second kappa shape index (κ2) is 10.4. The number of esters is 1. The van der Waals surface area contributed by atoms with Crippen molar-refractivity contribution in [3.05, 3.63) is 35.9 Å². The van der Waals surface area contributed by atoms with Crippen LogP contribution in [0.1, 0.15) is 45.1 Å². The highest BCUT2D eigenvalue weighted by Gasteiger charge is 2.14. The monoisotopic (exact) mass is 277 g/mol. The minimum absolute atomic E-state index is 0.114. The van der Waals surface area contributed by atoms with Crippen molar-refractivity contribution in [3.63, 3.8) is 0 Å². The number of unbranched alkanes of at least 4 members (excludes halogenated alkanes) is 2. The van der Waals surface area contributed by atoms with Crippen molar-refractivity contribution in [1.82, 2.24) is 5.32 Å². The molecule has 1 atom stereocenters. The van der Waals surface area contributed by atoms with Crippen LogP contribution in [0.3, 0.4) is 0 Å². The molecule has 0 aliphatic carbocycles. The standard InChI is InChI=1S/C17H27NO2/c1-3-5-9-12-18-16(14-17(19)20-4-2)13-15-10-7-6-8-11-15/h6-8,10-11,16,18H,3-5,9,12-14H2,1-2H3. The van der Waals surface area contributed by atoms with E-state index in [1.165, 1.54) is 18.4 Å². The molecule has 20 heavy (non-hydrogen) atoms. The van der Waals surface area contributed by atoms with Gasteiger partial charge in [0, 0.05) is 6.04 Å². The lowest BCUT2D eigenvalue weighted by molar-refractivity contribution is -0.143. The van der Waals surface area contributed by atoms with Crippen molar-refractivity contribution in [2.24, 2.45) is 0 Å². The Labute approximate surface area is 122 Å². The Morgan fingerprint density at radius 3 is 2.60 bits per heavy atom. The predicted octanol–water partition coefficient (Wildman–Crippen LogP) is 3.33. The summed E-state index contributed by atoms with van der Waals surface area (Å²) in [6.45, 7) is 5.45. The van der Waals surface area contributed by atoms with E-state index in [-0.39, 0.29) is 12.0 Å². The van der Waals surface area contributed by atoms with E-state index in [9.17, 15) is 4.79 Å². The van der Waals surface area contributed by atoms with Gasteiger partial charge in [-0.25, -0.2) is 0 Å². The first kappa shape index (κ1) is 16.7. The minimum atomic E-state index is -0.114. The van der Waals surface area contributed by atoms with Crippen molar-refractivity contribution >= 4 is 5.97 Å². The third-order valence-corrected chi connectivity index (χ3v) is 3.26. The van der Waals surface area contributed by atoms with Gasteiger partial charge in [-0.15, -0.1) is 0 Å². The summed E-state index contributed by atoms with van der Waals surface area (Å²) in [5.41, 5.74) is 1.25. The number of carbonyl (C=O) groups is 1. The number of ether oxygens (including phenoxy) is 1. The Bertz CT molecular complexity index is 365. The molecule has 1 N–H and O–H groups in total. The molecule has 0 amide bonds.